The predicted octanol–water partition coefficient (Wildman–Crippen LogP) is 0.642. The summed E-state index contributed by atoms with van der Waals surface area (Å²) in [6.45, 7) is 2.53. The maximum Gasteiger partial charge on any atom is 0.253 e. The molecule has 5 nitrogen and oxygen atoms in total. The average molecular weight is 264 g/mol. The zero-order chi connectivity index (χ0) is 13.7. The Morgan fingerprint density at radius 3 is 3.11 bits per heavy atom. The lowest BCUT2D eigenvalue weighted by Crippen LogP contribution is -2.48. The molecule has 1 unspecified atom stereocenters. The fourth-order valence-electron chi connectivity index (χ4n) is 2.09. The molecule has 0 bridgehead atoms. The van der Waals surface area contributed by atoms with Gasteiger partial charge in [0.2, 0.25) is 0 Å². The molecule has 1 aliphatic rings. The molecule has 2 rings (SSSR count). The number of carbonyl (C=O) groups is 1. The van der Waals surface area contributed by atoms with Crippen LogP contribution in [0.4, 0.5) is 0 Å². The van der Waals surface area contributed by atoms with Crippen molar-refractivity contribution >= 4 is 5.91 Å². The molecule has 0 radical (unpaired) electrons. The number of nitrogens with zero attached hydrogens (tertiary/aromatic N) is 1. The number of hydrogen-bond donors (Lipinski definition) is 1. The number of amides is 1. The fraction of sp³-hybridized carbons (Fsp3) is 0.500. The molecule has 1 aromatic carbocycles. The topological polar surface area (TPSA) is 50.8 Å². The van der Waals surface area contributed by atoms with Gasteiger partial charge in [0.15, 0.2) is 0 Å². The van der Waals surface area contributed by atoms with Gasteiger partial charge in [-0.1, -0.05) is 12.1 Å². The summed E-state index contributed by atoms with van der Waals surface area (Å²) in [6, 6.07) is 7.72. The van der Waals surface area contributed by atoms with Gasteiger partial charge in [-0.15, -0.1) is 0 Å². The van der Waals surface area contributed by atoms with Crippen LogP contribution < -0.4 is 10.1 Å². The summed E-state index contributed by atoms with van der Waals surface area (Å²) >= 11 is 0. The minimum absolute atomic E-state index is 0.00928. The number of likely N-dealkylation sites (N-methyl/N-ethyl adjacent to an activating group) is 1. The second-order valence-electron chi connectivity index (χ2n) is 4.61. The van der Waals surface area contributed by atoms with Gasteiger partial charge in [0.05, 0.1) is 13.7 Å². The van der Waals surface area contributed by atoms with E-state index in [1.165, 1.54) is 0 Å². The van der Waals surface area contributed by atoms with Gasteiger partial charge in [-0.2, -0.15) is 0 Å². The first kappa shape index (κ1) is 13.8. The van der Waals surface area contributed by atoms with Gasteiger partial charge in [-0.25, -0.2) is 0 Å². The molecule has 1 aromatic rings. The Balaban J connectivity index is 1.95. The van der Waals surface area contributed by atoms with Crippen LogP contribution in [0.15, 0.2) is 24.3 Å². The van der Waals surface area contributed by atoms with Crippen molar-refractivity contribution in [1.82, 2.24) is 10.2 Å². The second-order valence-corrected chi connectivity index (χ2v) is 4.61. The molecule has 0 aliphatic carbocycles. The first-order valence-corrected chi connectivity index (χ1v) is 6.41. The third-order valence-electron chi connectivity index (χ3n) is 3.13. The highest BCUT2D eigenvalue weighted by atomic mass is 16.5. The predicted molar refractivity (Wildman–Crippen MR) is 72.1 cm³/mol. The number of morpholine rings is 1. The lowest BCUT2D eigenvalue weighted by atomic mass is 10.2. The van der Waals surface area contributed by atoms with E-state index < -0.39 is 0 Å². The SMILES string of the molecule is COc1cccc(CN(C)C(=O)C2CNCCO2)c1. The largest absolute Gasteiger partial charge is 0.497 e. The summed E-state index contributed by atoms with van der Waals surface area (Å²) in [5, 5.41) is 3.16. The van der Waals surface area contributed by atoms with E-state index in [2.05, 4.69) is 5.32 Å². The van der Waals surface area contributed by atoms with Crippen molar-refractivity contribution in [3.8, 4) is 5.75 Å². The number of benzene rings is 1. The van der Waals surface area contributed by atoms with Crippen LogP contribution in [0.3, 0.4) is 0 Å². The smallest absolute Gasteiger partial charge is 0.253 e. The average Bonchev–Trinajstić information content (AvgIpc) is 2.47. The fourth-order valence-corrected chi connectivity index (χ4v) is 2.09. The zero-order valence-corrected chi connectivity index (χ0v) is 11.4. The summed E-state index contributed by atoms with van der Waals surface area (Å²) < 4.78 is 10.6. The molecule has 19 heavy (non-hydrogen) atoms. The van der Waals surface area contributed by atoms with Crippen molar-refractivity contribution in [3.63, 3.8) is 0 Å². The second kappa shape index (κ2) is 6.54. The molecule has 1 aliphatic heterocycles. The van der Waals surface area contributed by atoms with E-state index in [1.54, 1.807) is 19.1 Å². The van der Waals surface area contributed by atoms with Crippen LogP contribution in [0, 0.1) is 0 Å². The summed E-state index contributed by atoms with van der Waals surface area (Å²) in [4.78, 5) is 13.9. The molecule has 1 amide bonds. The van der Waals surface area contributed by atoms with Crippen LogP contribution in [0.2, 0.25) is 0 Å². The van der Waals surface area contributed by atoms with E-state index in [4.69, 9.17) is 9.47 Å². The van der Waals surface area contributed by atoms with E-state index >= 15 is 0 Å². The number of ether oxygens (including phenoxy) is 2. The molecule has 1 heterocycles. The maximum atomic E-state index is 12.2. The van der Waals surface area contributed by atoms with Gasteiger partial charge in [0, 0.05) is 26.7 Å². The van der Waals surface area contributed by atoms with E-state index in [0.717, 1.165) is 17.9 Å². The van der Waals surface area contributed by atoms with Crippen molar-refractivity contribution in [3.05, 3.63) is 29.8 Å². The number of carbonyl (C=O) groups excluding carboxylic acids is 1. The molecule has 1 fully saturated rings. The minimum Gasteiger partial charge on any atom is -0.497 e. The van der Waals surface area contributed by atoms with E-state index in [0.29, 0.717) is 19.7 Å². The van der Waals surface area contributed by atoms with Crippen molar-refractivity contribution in [2.45, 2.75) is 12.6 Å². The minimum atomic E-state index is -0.371. The molecular formula is C14H20N2O3. The van der Waals surface area contributed by atoms with Crippen LogP contribution in [-0.2, 0) is 16.1 Å². The van der Waals surface area contributed by atoms with Gasteiger partial charge in [-0.05, 0) is 17.7 Å². The van der Waals surface area contributed by atoms with Crippen molar-refractivity contribution in [2.75, 3.05) is 33.9 Å². The number of rotatable bonds is 4. The normalized spacial score (nSPS) is 18.9. The van der Waals surface area contributed by atoms with E-state index in [-0.39, 0.29) is 12.0 Å². The molecular weight excluding hydrogens is 244 g/mol. The Bertz CT molecular complexity index is 430. The zero-order valence-electron chi connectivity index (χ0n) is 11.4. The third-order valence-corrected chi connectivity index (χ3v) is 3.13. The highest BCUT2D eigenvalue weighted by Gasteiger charge is 2.24. The van der Waals surface area contributed by atoms with Gasteiger partial charge in [0.1, 0.15) is 11.9 Å². The van der Waals surface area contributed by atoms with Crippen LogP contribution in [0.25, 0.3) is 0 Å². The first-order valence-electron chi connectivity index (χ1n) is 6.41. The van der Waals surface area contributed by atoms with Gasteiger partial charge >= 0.3 is 0 Å². The molecule has 0 aromatic heterocycles. The molecule has 1 atom stereocenters. The number of hydrogen-bond acceptors (Lipinski definition) is 4. The Hall–Kier alpha value is -1.59. The van der Waals surface area contributed by atoms with E-state index in [1.807, 2.05) is 24.3 Å². The van der Waals surface area contributed by atoms with Gasteiger partial charge in [0.25, 0.3) is 5.91 Å². The molecule has 104 valence electrons. The third kappa shape index (κ3) is 3.68. The number of methoxy groups -OCH3 is 1. The molecule has 0 saturated carbocycles. The van der Waals surface area contributed by atoms with Crippen LogP contribution >= 0.6 is 0 Å². The lowest BCUT2D eigenvalue weighted by Gasteiger charge is -2.27. The summed E-state index contributed by atoms with van der Waals surface area (Å²) in [5.74, 6) is 0.809. The Morgan fingerprint density at radius 1 is 1.58 bits per heavy atom. The summed E-state index contributed by atoms with van der Waals surface area (Å²) in [6.07, 6.45) is -0.371. The van der Waals surface area contributed by atoms with E-state index in [9.17, 15) is 4.79 Å². The van der Waals surface area contributed by atoms with Crippen LogP contribution in [-0.4, -0.2) is 50.8 Å². The molecule has 1 saturated heterocycles. The molecule has 5 heteroatoms. The lowest BCUT2D eigenvalue weighted by molar-refractivity contribution is -0.144. The van der Waals surface area contributed by atoms with Crippen molar-refractivity contribution in [2.24, 2.45) is 0 Å². The van der Waals surface area contributed by atoms with Crippen molar-refractivity contribution < 1.29 is 14.3 Å². The Morgan fingerprint density at radius 2 is 2.42 bits per heavy atom. The maximum absolute atomic E-state index is 12.2. The monoisotopic (exact) mass is 264 g/mol. The summed E-state index contributed by atoms with van der Waals surface area (Å²) in [7, 11) is 3.43. The highest BCUT2D eigenvalue weighted by molar-refractivity contribution is 5.81. The standard InChI is InChI=1S/C14H20N2O3/c1-16(14(17)13-9-15-6-7-19-13)10-11-4-3-5-12(8-11)18-2/h3-5,8,13,15H,6-7,9-10H2,1-2H3. The molecule has 1 N–H and O–H groups in total. The highest BCUT2D eigenvalue weighted by Crippen LogP contribution is 2.14. The Labute approximate surface area is 113 Å². The van der Waals surface area contributed by atoms with Gasteiger partial charge in [-0.3, -0.25) is 4.79 Å². The number of nitrogens with one attached hydrogen (secondary N) is 1. The van der Waals surface area contributed by atoms with Crippen molar-refractivity contribution in [1.29, 1.82) is 0 Å². The summed E-state index contributed by atoms with van der Waals surface area (Å²) in [5.41, 5.74) is 1.04. The Kier molecular flexibility index (Phi) is 4.76. The quantitative estimate of drug-likeness (QED) is 0.867. The first-order chi connectivity index (χ1) is 9.20. The van der Waals surface area contributed by atoms with Crippen LogP contribution in [0.5, 0.6) is 5.75 Å². The van der Waals surface area contributed by atoms with Crippen LogP contribution in [0.1, 0.15) is 5.56 Å². The van der Waals surface area contributed by atoms with Gasteiger partial charge < -0.3 is 19.7 Å². The molecule has 0 spiro atoms.